The lowest BCUT2D eigenvalue weighted by molar-refractivity contribution is 0.0161. The number of aliphatic hydroxyl groups excluding tert-OH is 1. The molecule has 2 aliphatic carbocycles. The van der Waals surface area contributed by atoms with Crippen molar-refractivity contribution >= 4 is 22.6 Å². The van der Waals surface area contributed by atoms with E-state index in [-0.39, 0.29) is 27.1 Å². The molecule has 2 aromatic carbocycles. The molecular weight excluding hydrogens is 472 g/mol. The maximum Gasteiger partial charge on any atom is 0.123 e. The van der Waals surface area contributed by atoms with Gasteiger partial charge in [-0.2, -0.15) is 0 Å². The van der Waals surface area contributed by atoms with Crippen molar-refractivity contribution in [1.82, 2.24) is 0 Å². The van der Waals surface area contributed by atoms with E-state index in [9.17, 15) is 9.32 Å². The van der Waals surface area contributed by atoms with E-state index in [1.54, 1.807) is 18.9 Å². The Morgan fingerprint density at radius 2 is 1.60 bits per heavy atom. The van der Waals surface area contributed by atoms with Crippen molar-refractivity contribution in [2.24, 2.45) is 16.7 Å². The van der Waals surface area contributed by atoms with Crippen LogP contribution in [-0.2, 0) is 20.3 Å². The Kier molecular flexibility index (Phi) is 6.61. The Bertz CT molecular complexity index is 1090. The number of methoxy groups -OCH3 is 1. The SMILES string of the molecule is CO[C@@H]1C=C(S(=O)C[C@]23CC[C@H](C[C@H]2O)C3(C)C)CC(c2ccc(C)cc2)(c2ccc(C)cc2)S1. The van der Waals surface area contributed by atoms with Crippen molar-refractivity contribution in [3.8, 4) is 0 Å². The minimum absolute atomic E-state index is 0.0116. The van der Waals surface area contributed by atoms with Gasteiger partial charge in [0.2, 0.25) is 0 Å². The molecule has 1 N–H and O–H groups in total. The predicted octanol–water partition coefficient (Wildman–Crippen LogP) is 6.48. The Hall–Kier alpha value is -1.40. The molecule has 1 aliphatic heterocycles. The first-order valence-corrected chi connectivity index (χ1v) is 14.9. The summed E-state index contributed by atoms with van der Waals surface area (Å²) in [5.41, 5.74) is 4.42. The average Bonchev–Trinajstić information content (AvgIpc) is 3.19. The van der Waals surface area contributed by atoms with E-state index in [2.05, 4.69) is 82.3 Å². The lowest BCUT2D eigenvalue weighted by Gasteiger charge is -2.43. The number of thioether (sulfide) groups is 1. The van der Waals surface area contributed by atoms with Crippen LogP contribution in [0.2, 0.25) is 0 Å². The Morgan fingerprint density at radius 1 is 1.03 bits per heavy atom. The molecule has 188 valence electrons. The number of fused-ring (bicyclic) bond motifs is 2. The molecule has 0 radical (unpaired) electrons. The number of aliphatic hydroxyl groups is 1. The maximum absolute atomic E-state index is 14.2. The Balaban J connectivity index is 1.55. The van der Waals surface area contributed by atoms with Crippen LogP contribution in [0.15, 0.2) is 59.5 Å². The summed E-state index contributed by atoms with van der Waals surface area (Å²) in [7, 11) is 0.542. The summed E-state index contributed by atoms with van der Waals surface area (Å²) in [5.74, 6) is 1.05. The fraction of sp³-hybridized carbons (Fsp3) is 0.533. The molecule has 1 unspecified atom stereocenters. The number of aryl methyl sites for hydroxylation is 2. The van der Waals surface area contributed by atoms with Crippen molar-refractivity contribution in [3.63, 3.8) is 0 Å². The largest absolute Gasteiger partial charge is 0.392 e. The number of hydrogen-bond acceptors (Lipinski definition) is 4. The summed E-state index contributed by atoms with van der Waals surface area (Å²) in [6.45, 7) is 8.78. The van der Waals surface area contributed by atoms with Gasteiger partial charge in [-0.1, -0.05) is 73.5 Å². The van der Waals surface area contributed by atoms with Crippen LogP contribution in [0, 0.1) is 30.6 Å². The highest BCUT2D eigenvalue weighted by atomic mass is 32.2. The highest BCUT2D eigenvalue weighted by Gasteiger charge is 2.64. The van der Waals surface area contributed by atoms with Crippen molar-refractivity contribution in [1.29, 1.82) is 0 Å². The average molecular weight is 511 g/mol. The van der Waals surface area contributed by atoms with E-state index >= 15 is 0 Å². The van der Waals surface area contributed by atoms with Gasteiger partial charge in [-0.05, 0) is 61.6 Å². The van der Waals surface area contributed by atoms with Crippen molar-refractivity contribution in [2.75, 3.05) is 12.9 Å². The second kappa shape index (κ2) is 9.16. The van der Waals surface area contributed by atoms with Gasteiger partial charge in [0.1, 0.15) is 5.44 Å². The lowest BCUT2D eigenvalue weighted by atomic mass is 9.70. The third kappa shape index (κ3) is 4.07. The monoisotopic (exact) mass is 510 g/mol. The summed E-state index contributed by atoms with van der Waals surface area (Å²) in [6, 6.07) is 17.5. The number of benzene rings is 2. The molecule has 3 nitrogen and oxygen atoms in total. The zero-order valence-electron chi connectivity index (χ0n) is 21.5. The first-order chi connectivity index (χ1) is 16.6. The third-order valence-corrected chi connectivity index (χ3v) is 12.6. The van der Waals surface area contributed by atoms with Gasteiger partial charge in [-0.15, -0.1) is 11.8 Å². The molecule has 0 aromatic heterocycles. The van der Waals surface area contributed by atoms with E-state index in [1.165, 1.54) is 22.3 Å². The minimum atomic E-state index is -1.19. The molecule has 1 heterocycles. The molecule has 5 atom stereocenters. The van der Waals surface area contributed by atoms with Crippen molar-refractivity contribution in [3.05, 3.63) is 81.8 Å². The molecular formula is C30H38O3S2. The van der Waals surface area contributed by atoms with Crippen LogP contribution in [0.3, 0.4) is 0 Å². The van der Waals surface area contributed by atoms with Gasteiger partial charge in [0.15, 0.2) is 0 Å². The molecule has 35 heavy (non-hydrogen) atoms. The van der Waals surface area contributed by atoms with E-state index < -0.39 is 10.8 Å². The fourth-order valence-corrected chi connectivity index (χ4v) is 10.6. The molecule has 2 bridgehead atoms. The molecule has 0 amide bonds. The highest BCUT2D eigenvalue weighted by Crippen LogP contribution is 2.66. The van der Waals surface area contributed by atoms with E-state index in [0.717, 1.165) is 24.2 Å². The Labute approximate surface area is 217 Å². The van der Waals surface area contributed by atoms with Crippen molar-refractivity contribution in [2.45, 2.75) is 69.7 Å². The molecule has 2 aromatic rings. The fourth-order valence-electron chi connectivity index (χ4n) is 6.86. The van der Waals surface area contributed by atoms with Gasteiger partial charge in [-0.25, -0.2) is 0 Å². The summed E-state index contributed by atoms with van der Waals surface area (Å²) >= 11 is 1.79. The number of rotatable bonds is 6. The quantitative estimate of drug-likeness (QED) is 0.483. The highest BCUT2D eigenvalue weighted by molar-refractivity contribution is 8.01. The molecule has 2 saturated carbocycles. The predicted molar refractivity (Wildman–Crippen MR) is 147 cm³/mol. The molecule has 5 rings (SSSR count). The zero-order chi connectivity index (χ0) is 25.0. The van der Waals surface area contributed by atoms with E-state index in [4.69, 9.17) is 4.74 Å². The van der Waals surface area contributed by atoms with E-state index in [0.29, 0.717) is 18.1 Å². The first kappa shape index (κ1) is 25.3. The molecule has 5 heteroatoms. The van der Waals surface area contributed by atoms with Gasteiger partial charge in [-0.3, -0.25) is 4.21 Å². The molecule has 0 saturated heterocycles. The van der Waals surface area contributed by atoms with Crippen LogP contribution in [0.25, 0.3) is 0 Å². The summed E-state index contributed by atoms with van der Waals surface area (Å²) in [5, 5.41) is 11.1. The van der Waals surface area contributed by atoms with E-state index in [1.807, 2.05) is 0 Å². The van der Waals surface area contributed by atoms with Gasteiger partial charge in [0.25, 0.3) is 0 Å². The van der Waals surface area contributed by atoms with Crippen LogP contribution in [0.4, 0.5) is 0 Å². The van der Waals surface area contributed by atoms with Crippen LogP contribution < -0.4 is 0 Å². The van der Waals surface area contributed by atoms with Crippen LogP contribution in [0.1, 0.15) is 61.8 Å². The summed E-state index contributed by atoms with van der Waals surface area (Å²) in [4.78, 5) is 0.949. The zero-order valence-corrected chi connectivity index (χ0v) is 23.2. The van der Waals surface area contributed by atoms with Gasteiger partial charge < -0.3 is 9.84 Å². The minimum Gasteiger partial charge on any atom is -0.392 e. The lowest BCUT2D eigenvalue weighted by Crippen LogP contribution is -2.44. The molecule has 2 fully saturated rings. The topological polar surface area (TPSA) is 46.5 Å². The van der Waals surface area contributed by atoms with Crippen LogP contribution in [0.5, 0.6) is 0 Å². The van der Waals surface area contributed by atoms with Gasteiger partial charge in [0, 0.05) is 40.4 Å². The number of hydrogen-bond donors (Lipinski definition) is 1. The first-order valence-electron chi connectivity index (χ1n) is 12.7. The van der Waals surface area contributed by atoms with Crippen LogP contribution >= 0.6 is 11.8 Å². The van der Waals surface area contributed by atoms with Crippen molar-refractivity contribution < 1.29 is 14.1 Å². The standard InChI is InChI=1S/C30H38O3S2/c1-20-6-10-22(11-7-20)30(23-12-8-21(2)9-13-23)18-25(17-27(33-5)34-30)35(32)19-29-15-14-24(16-26(29)31)28(29,3)4/h6-13,17,24,26-27,31H,14-16,18-19H2,1-5H3/t24-,26-,27+,29-,35?/m1/s1. The molecule has 3 aliphatic rings. The molecule has 0 spiro atoms. The van der Waals surface area contributed by atoms with Gasteiger partial charge >= 0.3 is 0 Å². The number of allylic oxidation sites excluding steroid dienone is 1. The second-order valence-corrected chi connectivity index (χ2v) is 14.3. The second-order valence-electron chi connectivity index (χ2n) is 11.4. The van der Waals surface area contributed by atoms with Crippen LogP contribution in [-0.4, -0.2) is 33.7 Å². The smallest absolute Gasteiger partial charge is 0.123 e. The Morgan fingerprint density at radius 3 is 2.06 bits per heavy atom. The number of ether oxygens (including phenoxy) is 1. The van der Waals surface area contributed by atoms with Gasteiger partial charge in [0.05, 0.1) is 10.9 Å². The maximum atomic E-state index is 14.2. The summed E-state index contributed by atoms with van der Waals surface area (Å²) in [6.07, 6.45) is 5.33. The normalized spacial score (nSPS) is 31.8. The third-order valence-electron chi connectivity index (χ3n) is 9.40. The summed E-state index contributed by atoms with van der Waals surface area (Å²) < 4.78 is 19.7.